The fraction of sp³-hybridized carbons (Fsp3) is 0.600. The monoisotopic (exact) mass is 289 g/mol. The van der Waals surface area contributed by atoms with Gasteiger partial charge in [-0.1, -0.05) is 0 Å². The largest absolute Gasteiger partial charge is 0.477 e. The van der Waals surface area contributed by atoms with E-state index in [0.29, 0.717) is 25.0 Å². The summed E-state index contributed by atoms with van der Waals surface area (Å²) in [6, 6.07) is 0. The van der Waals surface area contributed by atoms with Crippen molar-refractivity contribution in [3.63, 3.8) is 0 Å². The summed E-state index contributed by atoms with van der Waals surface area (Å²) in [6.07, 6.45) is 2.51. The van der Waals surface area contributed by atoms with Crippen molar-refractivity contribution in [2.45, 2.75) is 13.3 Å². The number of hydrogen-bond donors (Lipinski definition) is 1. The van der Waals surface area contributed by atoms with Crippen LogP contribution in [0.4, 0.5) is 5.95 Å². The van der Waals surface area contributed by atoms with Gasteiger partial charge in [0.15, 0.2) is 0 Å². The smallest absolute Gasteiger partial charge is 0.232 e. The van der Waals surface area contributed by atoms with Crippen LogP contribution in [0.25, 0.3) is 0 Å². The minimum atomic E-state index is 0.557. The standard InChI is InChI=1S/C10H16BrN3O2/c1-3-12-10-13-7-8(11)9(14-10)16-6-4-5-15-2/h7H,3-6H2,1-2H3,(H,12,13,14). The van der Waals surface area contributed by atoms with E-state index in [1.165, 1.54) is 0 Å². The third-order valence-electron chi connectivity index (χ3n) is 1.78. The topological polar surface area (TPSA) is 56.3 Å². The molecule has 0 amide bonds. The van der Waals surface area contributed by atoms with Gasteiger partial charge in [-0.3, -0.25) is 0 Å². The van der Waals surface area contributed by atoms with Crippen molar-refractivity contribution in [1.29, 1.82) is 0 Å². The molecule has 0 aliphatic heterocycles. The molecule has 0 radical (unpaired) electrons. The van der Waals surface area contributed by atoms with Gasteiger partial charge in [0.25, 0.3) is 0 Å². The van der Waals surface area contributed by atoms with Crippen LogP contribution in [0.3, 0.4) is 0 Å². The molecule has 1 rings (SSSR count). The zero-order valence-corrected chi connectivity index (χ0v) is 11.1. The van der Waals surface area contributed by atoms with Crippen molar-refractivity contribution in [2.75, 3.05) is 32.2 Å². The van der Waals surface area contributed by atoms with Gasteiger partial charge in [-0.05, 0) is 22.9 Å². The number of rotatable bonds is 7. The van der Waals surface area contributed by atoms with Crippen molar-refractivity contribution < 1.29 is 9.47 Å². The molecule has 0 unspecified atom stereocenters. The molecule has 0 bridgehead atoms. The Bertz CT molecular complexity index is 323. The lowest BCUT2D eigenvalue weighted by Crippen LogP contribution is -2.06. The van der Waals surface area contributed by atoms with Crippen molar-refractivity contribution >= 4 is 21.9 Å². The summed E-state index contributed by atoms with van der Waals surface area (Å²) in [5.41, 5.74) is 0. The number of ether oxygens (including phenoxy) is 2. The summed E-state index contributed by atoms with van der Waals surface area (Å²) in [5, 5.41) is 3.03. The average Bonchev–Trinajstić information content (AvgIpc) is 2.29. The Hall–Kier alpha value is -0.880. The number of halogens is 1. The van der Waals surface area contributed by atoms with Crippen LogP contribution in [0.1, 0.15) is 13.3 Å². The van der Waals surface area contributed by atoms with Gasteiger partial charge in [-0.2, -0.15) is 4.98 Å². The minimum Gasteiger partial charge on any atom is -0.477 e. The molecular weight excluding hydrogens is 274 g/mol. The number of nitrogens with zero attached hydrogens (tertiary/aromatic N) is 2. The molecule has 0 aliphatic rings. The van der Waals surface area contributed by atoms with E-state index in [1.54, 1.807) is 13.3 Å². The van der Waals surface area contributed by atoms with Crippen LogP contribution >= 0.6 is 15.9 Å². The van der Waals surface area contributed by atoms with Crippen LogP contribution in [0.2, 0.25) is 0 Å². The molecule has 1 heterocycles. The lowest BCUT2D eigenvalue weighted by atomic mass is 10.5. The maximum atomic E-state index is 5.51. The van der Waals surface area contributed by atoms with E-state index in [4.69, 9.17) is 9.47 Å². The Morgan fingerprint density at radius 1 is 1.44 bits per heavy atom. The normalized spacial score (nSPS) is 10.2. The van der Waals surface area contributed by atoms with E-state index in [-0.39, 0.29) is 0 Å². The zero-order valence-electron chi connectivity index (χ0n) is 9.49. The number of anilines is 1. The number of methoxy groups -OCH3 is 1. The van der Waals surface area contributed by atoms with Gasteiger partial charge in [-0.25, -0.2) is 4.98 Å². The highest BCUT2D eigenvalue weighted by atomic mass is 79.9. The lowest BCUT2D eigenvalue weighted by molar-refractivity contribution is 0.170. The summed E-state index contributed by atoms with van der Waals surface area (Å²) in [7, 11) is 1.67. The first-order valence-electron chi connectivity index (χ1n) is 5.16. The molecule has 0 aliphatic carbocycles. The number of aromatic nitrogens is 2. The first-order chi connectivity index (χ1) is 7.77. The number of hydrogen-bond acceptors (Lipinski definition) is 5. The molecular formula is C10H16BrN3O2. The lowest BCUT2D eigenvalue weighted by Gasteiger charge is -2.08. The Labute approximate surface area is 104 Å². The van der Waals surface area contributed by atoms with Crippen molar-refractivity contribution in [2.24, 2.45) is 0 Å². The van der Waals surface area contributed by atoms with Crippen LogP contribution in [0, 0.1) is 0 Å². The first kappa shape index (κ1) is 13.2. The second kappa shape index (κ2) is 7.40. The maximum Gasteiger partial charge on any atom is 0.232 e. The SMILES string of the molecule is CCNc1ncc(Br)c(OCCCOC)n1. The molecule has 0 spiro atoms. The molecule has 0 aromatic carbocycles. The second-order valence-electron chi connectivity index (χ2n) is 3.07. The molecule has 0 atom stereocenters. The molecule has 1 N–H and O–H groups in total. The predicted molar refractivity (Wildman–Crippen MR) is 65.9 cm³/mol. The van der Waals surface area contributed by atoms with Crippen LogP contribution < -0.4 is 10.1 Å². The number of nitrogens with one attached hydrogen (secondary N) is 1. The Kier molecular flexibility index (Phi) is 6.10. The molecule has 6 heteroatoms. The first-order valence-corrected chi connectivity index (χ1v) is 5.95. The van der Waals surface area contributed by atoms with Gasteiger partial charge >= 0.3 is 0 Å². The maximum absolute atomic E-state index is 5.51. The molecule has 1 aromatic heterocycles. The fourth-order valence-electron chi connectivity index (χ4n) is 1.07. The van der Waals surface area contributed by atoms with E-state index in [1.807, 2.05) is 6.92 Å². The molecule has 90 valence electrons. The molecule has 0 fully saturated rings. The van der Waals surface area contributed by atoms with E-state index in [0.717, 1.165) is 17.4 Å². The van der Waals surface area contributed by atoms with E-state index >= 15 is 0 Å². The van der Waals surface area contributed by atoms with Gasteiger partial charge in [-0.15, -0.1) is 0 Å². The summed E-state index contributed by atoms with van der Waals surface area (Å²) >= 11 is 3.34. The quantitative estimate of drug-likeness (QED) is 0.779. The molecule has 5 nitrogen and oxygen atoms in total. The predicted octanol–water partition coefficient (Wildman–Crippen LogP) is 2.09. The summed E-state index contributed by atoms with van der Waals surface area (Å²) in [4.78, 5) is 8.33. The van der Waals surface area contributed by atoms with E-state index in [9.17, 15) is 0 Å². The molecule has 0 saturated carbocycles. The van der Waals surface area contributed by atoms with Gasteiger partial charge in [0.2, 0.25) is 11.8 Å². The third-order valence-corrected chi connectivity index (χ3v) is 2.32. The summed E-state index contributed by atoms with van der Waals surface area (Å²) in [6.45, 7) is 4.03. The van der Waals surface area contributed by atoms with Crippen molar-refractivity contribution in [1.82, 2.24) is 9.97 Å². The van der Waals surface area contributed by atoms with E-state index in [2.05, 4.69) is 31.2 Å². The second-order valence-corrected chi connectivity index (χ2v) is 3.93. The van der Waals surface area contributed by atoms with Gasteiger partial charge in [0.05, 0.1) is 17.3 Å². The molecule has 16 heavy (non-hydrogen) atoms. The molecule has 1 aromatic rings. The van der Waals surface area contributed by atoms with Crippen molar-refractivity contribution in [3.8, 4) is 5.88 Å². The Morgan fingerprint density at radius 2 is 2.25 bits per heavy atom. The van der Waals surface area contributed by atoms with E-state index < -0.39 is 0 Å². The van der Waals surface area contributed by atoms with Gasteiger partial charge in [0.1, 0.15) is 0 Å². The fourth-order valence-corrected chi connectivity index (χ4v) is 1.37. The van der Waals surface area contributed by atoms with Gasteiger partial charge in [0, 0.05) is 26.7 Å². The summed E-state index contributed by atoms with van der Waals surface area (Å²) in [5.74, 6) is 1.13. The minimum absolute atomic E-state index is 0.557. The van der Waals surface area contributed by atoms with Crippen LogP contribution in [0.5, 0.6) is 5.88 Å². The highest BCUT2D eigenvalue weighted by molar-refractivity contribution is 9.10. The van der Waals surface area contributed by atoms with Crippen LogP contribution in [-0.4, -0.2) is 36.8 Å². The average molecular weight is 290 g/mol. The van der Waals surface area contributed by atoms with Crippen LogP contribution in [0.15, 0.2) is 10.7 Å². The highest BCUT2D eigenvalue weighted by Crippen LogP contribution is 2.22. The van der Waals surface area contributed by atoms with Crippen LogP contribution in [-0.2, 0) is 4.74 Å². The molecule has 0 saturated heterocycles. The van der Waals surface area contributed by atoms with Crippen molar-refractivity contribution in [3.05, 3.63) is 10.7 Å². The third kappa shape index (κ3) is 4.32. The Morgan fingerprint density at radius 3 is 2.94 bits per heavy atom. The summed E-state index contributed by atoms with van der Waals surface area (Å²) < 4.78 is 11.2. The zero-order chi connectivity index (χ0) is 11.8. The highest BCUT2D eigenvalue weighted by Gasteiger charge is 2.05. The Balaban J connectivity index is 2.52. The van der Waals surface area contributed by atoms with Gasteiger partial charge < -0.3 is 14.8 Å².